The molecule has 1 aliphatic carbocycles. The van der Waals surface area contributed by atoms with E-state index in [1.165, 1.54) is 0 Å². The maximum absolute atomic E-state index is 13.2. The average molecular weight is 650 g/mol. The molecule has 2 aromatic rings. The zero-order chi connectivity index (χ0) is 34.2. The van der Waals surface area contributed by atoms with Crippen LogP contribution in [-0.4, -0.2) is 59.4 Å². The third-order valence-corrected chi connectivity index (χ3v) is 8.22. The van der Waals surface area contributed by atoms with Crippen molar-refractivity contribution in [3.05, 3.63) is 59.7 Å². The molecule has 4 N–H and O–H groups in total. The predicted molar refractivity (Wildman–Crippen MR) is 183 cm³/mol. The van der Waals surface area contributed by atoms with Gasteiger partial charge in [0.2, 0.25) is 0 Å². The summed E-state index contributed by atoms with van der Waals surface area (Å²) in [5.41, 5.74) is 0.977. The summed E-state index contributed by atoms with van der Waals surface area (Å²) in [6, 6.07) is 13.9. The molecule has 0 radical (unpaired) electrons. The quantitative estimate of drug-likeness (QED) is 0.232. The lowest BCUT2D eigenvalue weighted by Gasteiger charge is -2.35. The summed E-state index contributed by atoms with van der Waals surface area (Å²) in [5.74, 6) is -0.0459. The van der Waals surface area contributed by atoms with Crippen LogP contribution in [0.1, 0.15) is 108 Å². The van der Waals surface area contributed by atoms with E-state index in [2.05, 4.69) is 21.3 Å². The highest BCUT2D eigenvalue weighted by atomic mass is 16.6. The lowest BCUT2D eigenvalue weighted by Crippen LogP contribution is -2.44. The van der Waals surface area contributed by atoms with Gasteiger partial charge in [-0.05, 0) is 109 Å². The van der Waals surface area contributed by atoms with Gasteiger partial charge in [0.05, 0.1) is 17.4 Å². The summed E-state index contributed by atoms with van der Waals surface area (Å²) in [4.78, 5) is 53.0. The van der Waals surface area contributed by atoms with Gasteiger partial charge in [-0.1, -0.05) is 37.1 Å². The third-order valence-electron chi connectivity index (χ3n) is 8.22. The predicted octanol–water partition coefficient (Wildman–Crippen LogP) is 7.61. The highest BCUT2D eigenvalue weighted by Gasteiger charge is 2.29. The van der Waals surface area contributed by atoms with Crippen molar-refractivity contribution >= 4 is 35.5 Å². The van der Waals surface area contributed by atoms with E-state index in [0.717, 1.165) is 44.1 Å². The van der Waals surface area contributed by atoms with Crippen LogP contribution in [0.3, 0.4) is 0 Å². The third kappa shape index (κ3) is 11.5. The minimum Gasteiger partial charge on any atom is -0.444 e. The van der Waals surface area contributed by atoms with E-state index < -0.39 is 17.3 Å². The molecule has 5 amide bonds. The number of nitrogens with one attached hydrogen (secondary N) is 4. The van der Waals surface area contributed by atoms with E-state index in [9.17, 15) is 19.2 Å². The smallest absolute Gasteiger partial charge is 0.412 e. The van der Waals surface area contributed by atoms with E-state index in [1.807, 2.05) is 32.9 Å². The van der Waals surface area contributed by atoms with Gasteiger partial charge in [-0.25, -0.2) is 14.4 Å². The van der Waals surface area contributed by atoms with Gasteiger partial charge >= 0.3 is 18.2 Å². The van der Waals surface area contributed by atoms with Gasteiger partial charge in [-0.2, -0.15) is 0 Å². The number of anilines is 2. The molecule has 1 saturated heterocycles. The van der Waals surface area contributed by atoms with Crippen molar-refractivity contribution in [3.63, 3.8) is 0 Å². The molecule has 47 heavy (non-hydrogen) atoms. The van der Waals surface area contributed by atoms with Crippen LogP contribution in [0.4, 0.5) is 25.8 Å². The van der Waals surface area contributed by atoms with Crippen molar-refractivity contribution in [2.24, 2.45) is 5.92 Å². The van der Waals surface area contributed by atoms with Gasteiger partial charge in [-0.15, -0.1) is 0 Å². The number of rotatable bonds is 8. The molecule has 1 aliphatic heterocycles. The number of amides is 5. The summed E-state index contributed by atoms with van der Waals surface area (Å²) in [6.45, 7) is 12.1. The lowest BCUT2D eigenvalue weighted by atomic mass is 9.87. The molecule has 0 spiro atoms. The number of hydrogen-bond acceptors (Lipinski definition) is 6. The van der Waals surface area contributed by atoms with Crippen molar-refractivity contribution in [3.8, 4) is 0 Å². The number of benzene rings is 2. The maximum atomic E-state index is 13.2. The number of carbonyl (C=O) groups is 4. The first-order valence-electron chi connectivity index (χ1n) is 16.7. The van der Waals surface area contributed by atoms with Crippen molar-refractivity contribution in [2.75, 3.05) is 23.7 Å². The molecule has 1 heterocycles. The molecule has 2 fully saturated rings. The minimum absolute atomic E-state index is 0.187. The molecule has 1 unspecified atom stereocenters. The average Bonchev–Trinajstić information content (AvgIpc) is 3.49. The number of likely N-dealkylation sites (tertiary alicyclic amines) is 1. The number of hydrogen-bond donors (Lipinski definition) is 4. The molecule has 0 bridgehead atoms. The van der Waals surface area contributed by atoms with Gasteiger partial charge in [0, 0.05) is 24.7 Å². The van der Waals surface area contributed by atoms with Crippen LogP contribution in [0.15, 0.2) is 48.5 Å². The van der Waals surface area contributed by atoms with E-state index in [0.29, 0.717) is 42.4 Å². The fraction of sp³-hybridized carbons (Fsp3) is 0.556. The van der Waals surface area contributed by atoms with E-state index in [4.69, 9.17) is 9.47 Å². The largest absolute Gasteiger partial charge is 0.444 e. The molecule has 0 aromatic heterocycles. The Morgan fingerprint density at radius 2 is 1.36 bits per heavy atom. The maximum Gasteiger partial charge on any atom is 0.412 e. The summed E-state index contributed by atoms with van der Waals surface area (Å²) >= 11 is 0. The van der Waals surface area contributed by atoms with Crippen LogP contribution in [0.2, 0.25) is 0 Å². The van der Waals surface area contributed by atoms with E-state index in [1.54, 1.807) is 62.1 Å². The Balaban J connectivity index is 1.42. The van der Waals surface area contributed by atoms with E-state index >= 15 is 0 Å². The summed E-state index contributed by atoms with van der Waals surface area (Å²) in [6.07, 6.45) is 5.62. The monoisotopic (exact) mass is 649 g/mol. The Labute approximate surface area is 278 Å². The molecule has 1 atom stereocenters. The lowest BCUT2D eigenvalue weighted by molar-refractivity contribution is 0.0178. The molecular formula is C36H51N5O6. The number of piperidine rings is 1. The van der Waals surface area contributed by atoms with Crippen molar-refractivity contribution in [1.29, 1.82) is 0 Å². The zero-order valence-electron chi connectivity index (χ0n) is 28.6. The molecule has 2 aromatic carbocycles. The Kier molecular flexibility index (Phi) is 11.8. The SMILES string of the molecule is CC(C)(C)OC(=O)Nc1ccccc1NC(=O)c1ccc(C(CC2CCN(C(=O)OC(C)(C)C)CC2)NC(=O)NC2CCCC2)cc1. The van der Waals surface area contributed by atoms with Crippen LogP contribution in [-0.2, 0) is 9.47 Å². The van der Waals surface area contributed by atoms with Crippen LogP contribution in [0.5, 0.6) is 0 Å². The van der Waals surface area contributed by atoms with Crippen LogP contribution >= 0.6 is 0 Å². The molecule has 256 valence electrons. The number of carbonyl (C=O) groups excluding carboxylic acids is 4. The highest BCUT2D eigenvalue weighted by molar-refractivity contribution is 6.06. The summed E-state index contributed by atoms with van der Waals surface area (Å²) < 4.78 is 10.9. The van der Waals surface area contributed by atoms with Crippen molar-refractivity contribution in [2.45, 2.75) is 110 Å². The molecule has 11 heteroatoms. The second-order valence-electron chi connectivity index (χ2n) is 14.5. The van der Waals surface area contributed by atoms with Crippen LogP contribution in [0.25, 0.3) is 0 Å². The summed E-state index contributed by atoms with van der Waals surface area (Å²) in [5, 5.41) is 11.9. The topological polar surface area (TPSA) is 138 Å². The second kappa shape index (κ2) is 15.5. The second-order valence-corrected chi connectivity index (χ2v) is 14.5. The number of para-hydroxylation sites is 2. The molecule has 11 nitrogen and oxygen atoms in total. The van der Waals surface area contributed by atoms with Crippen LogP contribution < -0.4 is 21.3 Å². The Morgan fingerprint density at radius 1 is 0.787 bits per heavy atom. The first-order chi connectivity index (χ1) is 22.1. The van der Waals surface area contributed by atoms with Crippen molar-refractivity contribution in [1.82, 2.24) is 15.5 Å². The van der Waals surface area contributed by atoms with E-state index in [-0.39, 0.29) is 30.1 Å². The van der Waals surface area contributed by atoms with Gasteiger partial charge < -0.3 is 30.3 Å². The first kappa shape index (κ1) is 35.6. The standard InChI is InChI=1S/C36H51N5O6/c1-35(2,3)46-33(44)40-29-14-10-9-13-28(29)38-31(42)26-17-15-25(16-18-26)30(39-32(43)37-27-11-7-8-12-27)23-24-19-21-41(22-20-24)34(45)47-36(4,5)6/h9-10,13-18,24,27,30H,7-8,11-12,19-23H2,1-6H3,(H,38,42)(H,40,44)(H2,37,39,43). The highest BCUT2D eigenvalue weighted by Crippen LogP contribution is 2.30. The number of ether oxygens (including phenoxy) is 2. The number of nitrogens with zero attached hydrogens (tertiary/aromatic N) is 1. The molecule has 4 rings (SSSR count). The van der Waals surface area contributed by atoms with Crippen molar-refractivity contribution < 1.29 is 28.7 Å². The Morgan fingerprint density at radius 3 is 1.94 bits per heavy atom. The Hall–Kier alpha value is -4.28. The minimum atomic E-state index is -0.661. The zero-order valence-corrected chi connectivity index (χ0v) is 28.6. The van der Waals surface area contributed by atoms with Gasteiger partial charge in [-0.3, -0.25) is 10.1 Å². The fourth-order valence-electron chi connectivity index (χ4n) is 5.92. The van der Waals surface area contributed by atoms with Gasteiger partial charge in [0.25, 0.3) is 5.91 Å². The molecular weight excluding hydrogens is 598 g/mol. The van der Waals surface area contributed by atoms with Gasteiger partial charge in [0.15, 0.2) is 0 Å². The first-order valence-corrected chi connectivity index (χ1v) is 16.7. The molecule has 1 saturated carbocycles. The Bertz CT molecular complexity index is 1380. The number of urea groups is 1. The summed E-state index contributed by atoms with van der Waals surface area (Å²) in [7, 11) is 0. The van der Waals surface area contributed by atoms with Gasteiger partial charge in [0.1, 0.15) is 11.2 Å². The fourth-order valence-corrected chi connectivity index (χ4v) is 5.92. The normalized spacial score (nSPS) is 16.6. The molecule has 2 aliphatic rings. The van der Waals surface area contributed by atoms with Crippen LogP contribution in [0, 0.1) is 5.92 Å².